The molecule has 0 unspecified atom stereocenters. The number of aromatic nitrogens is 2. The fourth-order valence-corrected chi connectivity index (χ4v) is 3.92. The van der Waals surface area contributed by atoms with Crippen molar-refractivity contribution < 1.29 is 14.0 Å². The van der Waals surface area contributed by atoms with Crippen LogP contribution in [0.3, 0.4) is 0 Å². The number of amides is 2. The van der Waals surface area contributed by atoms with Crippen molar-refractivity contribution in [1.29, 1.82) is 0 Å². The van der Waals surface area contributed by atoms with Crippen LogP contribution in [-0.2, 0) is 11.2 Å². The van der Waals surface area contributed by atoms with E-state index in [0.717, 1.165) is 12.8 Å². The van der Waals surface area contributed by atoms with Gasteiger partial charge in [-0.1, -0.05) is 36.7 Å². The van der Waals surface area contributed by atoms with Crippen molar-refractivity contribution in [3.8, 4) is 0 Å². The van der Waals surface area contributed by atoms with Crippen molar-refractivity contribution in [2.24, 2.45) is 0 Å². The fourth-order valence-electron chi connectivity index (χ4n) is 3.14. The number of rotatable bonds is 7. The normalized spacial score (nSPS) is 14.7. The highest BCUT2D eigenvalue weighted by atomic mass is 32.1. The fraction of sp³-hybridized carbons (Fsp3) is 0.474. The maximum atomic E-state index is 13.2. The van der Waals surface area contributed by atoms with Crippen molar-refractivity contribution in [1.82, 2.24) is 15.5 Å². The van der Waals surface area contributed by atoms with Gasteiger partial charge in [0.1, 0.15) is 10.8 Å². The van der Waals surface area contributed by atoms with Crippen LogP contribution in [0.2, 0.25) is 0 Å². The molecule has 1 aliphatic carbocycles. The minimum atomic E-state index is -0.419. The third kappa shape index (κ3) is 6.09. The first-order chi connectivity index (χ1) is 13.1. The standard InChI is InChI=1S/C19H23FN4O2S/c20-13-6-4-9-15(12-13)22-18(26)19-24-23-17(27-19)11-5-10-16(25)21-14-7-2-1-3-8-14/h4,6,9,12,14H,1-3,5,7-8,10-11H2,(H,21,25)(H,22,26). The summed E-state index contributed by atoms with van der Waals surface area (Å²) in [4.78, 5) is 24.2. The molecule has 0 bridgehead atoms. The van der Waals surface area contributed by atoms with Crippen LogP contribution in [0.4, 0.5) is 10.1 Å². The molecule has 2 amide bonds. The number of anilines is 1. The number of aryl methyl sites for hydroxylation is 1. The van der Waals surface area contributed by atoms with E-state index < -0.39 is 11.7 Å². The molecular formula is C19H23FN4O2S. The number of benzene rings is 1. The van der Waals surface area contributed by atoms with Gasteiger partial charge in [-0.3, -0.25) is 9.59 Å². The molecule has 1 saturated carbocycles. The number of hydrogen-bond donors (Lipinski definition) is 2. The van der Waals surface area contributed by atoms with Crippen molar-refractivity contribution in [3.63, 3.8) is 0 Å². The summed E-state index contributed by atoms with van der Waals surface area (Å²) >= 11 is 1.19. The smallest absolute Gasteiger partial charge is 0.286 e. The first kappa shape index (κ1) is 19.4. The van der Waals surface area contributed by atoms with Crippen LogP contribution in [0.25, 0.3) is 0 Å². The van der Waals surface area contributed by atoms with Gasteiger partial charge in [0.15, 0.2) is 0 Å². The minimum absolute atomic E-state index is 0.0792. The lowest BCUT2D eigenvalue weighted by Gasteiger charge is -2.22. The lowest BCUT2D eigenvalue weighted by molar-refractivity contribution is -0.122. The second kappa shape index (κ2) is 9.55. The Morgan fingerprint density at radius 2 is 2.00 bits per heavy atom. The van der Waals surface area contributed by atoms with Gasteiger partial charge in [-0.25, -0.2) is 4.39 Å². The number of nitrogens with one attached hydrogen (secondary N) is 2. The third-order valence-corrected chi connectivity index (χ3v) is 5.49. The van der Waals surface area contributed by atoms with Crippen LogP contribution in [-0.4, -0.2) is 28.1 Å². The largest absolute Gasteiger partial charge is 0.353 e. The van der Waals surface area contributed by atoms with E-state index in [1.165, 1.54) is 48.8 Å². The van der Waals surface area contributed by atoms with Crippen molar-refractivity contribution in [2.45, 2.75) is 57.4 Å². The Balaban J connectivity index is 1.42. The predicted octanol–water partition coefficient (Wildman–Crippen LogP) is 3.70. The molecule has 0 spiro atoms. The topological polar surface area (TPSA) is 84.0 Å². The first-order valence-corrected chi connectivity index (χ1v) is 10.1. The molecule has 8 heteroatoms. The predicted molar refractivity (Wildman–Crippen MR) is 102 cm³/mol. The van der Waals surface area contributed by atoms with Gasteiger partial charge in [-0.15, -0.1) is 10.2 Å². The van der Waals surface area contributed by atoms with E-state index in [2.05, 4.69) is 20.8 Å². The van der Waals surface area contributed by atoms with Gasteiger partial charge in [0.05, 0.1) is 0 Å². The van der Waals surface area contributed by atoms with Crippen LogP contribution in [0.1, 0.15) is 59.8 Å². The van der Waals surface area contributed by atoms with Crippen LogP contribution in [0.5, 0.6) is 0 Å². The summed E-state index contributed by atoms with van der Waals surface area (Å²) in [6, 6.07) is 6.00. The molecular weight excluding hydrogens is 367 g/mol. The molecule has 1 aromatic heterocycles. The molecule has 3 rings (SSSR count). The third-order valence-electron chi connectivity index (χ3n) is 4.51. The molecule has 0 aliphatic heterocycles. The Morgan fingerprint density at radius 1 is 1.19 bits per heavy atom. The Morgan fingerprint density at radius 3 is 2.78 bits per heavy atom. The molecule has 2 N–H and O–H groups in total. The molecule has 0 saturated heterocycles. The highest BCUT2D eigenvalue weighted by Crippen LogP contribution is 2.18. The van der Waals surface area contributed by atoms with Gasteiger partial charge in [-0.2, -0.15) is 0 Å². The van der Waals surface area contributed by atoms with E-state index in [4.69, 9.17) is 0 Å². The number of carbonyl (C=O) groups excluding carboxylic acids is 2. The first-order valence-electron chi connectivity index (χ1n) is 9.29. The molecule has 144 valence electrons. The number of halogens is 1. The molecule has 0 radical (unpaired) electrons. The van der Waals surface area contributed by atoms with Crippen molar-refractivity contribution in [2.75, 3.05) is 5.32 Å². The number of nitrogens with zero attached hydrogens (tertiary/aromatic N) is 2. The number of hydrogen-bond acceptors (Lipinski definition) is 5. The quantitative estimate of drug-likeness (QED) is 0.755. The van der Waals surface area contributed by atoms with E-state index in [1.807, 2.05) is 0 Å². The van der Waals surface area contributed by atoms with E-state index in [9.17, 15) is 14.0 Å². The zero-order valence-electron chi connectivity index (χ0n) is 15.0. The average molecular weight is 390 g/mol. The van der Waals surface area contributed by atoms with Crippen LogP contribution in [0.15, 0.2) is 24.3 Å². The summed E-state index contributed by atoms with van der Waals surface area (Å²) in [5.41, 5.74) is 0.371. The maximum Gasteiger partial charge on any atom is 0.286 e. The molecule has 1 aliphatic rings. The summed E-state index contributed by atoms with van der Waals surface area (Å²) in [6.07, 6.45) is 7.51. The van der Waals surface area contributed by atoms with Gasteiger partial charge in [-0.05, 0) is 37.5 Å². The summed E-state index contributed by atoms with van der Waals surface area (Å²) in [5.74, 6) is -0.757. The van der Waals surface area contributed by atoms with E-state index in [1.54, 1.807) is 6.07 Å². The molecule has 1 aromatic carbocycles. The molecule has 6 nitrogen and oxygen atoms in total. The molecule has 27 heavy (non-hydrogen) atoms. The van der Waals surface area contributed by atoms with E-state index in [0.29, 0.717) is 36.0 Å². The minimum Gasteiger partial charge on any atom is -0.353 e. The number of carbonyl (C=O) groups is 2. The lowest BCUT2D eigenvalue weighted by atomic mass is 9.95. The van der Waals surface area contributed by atoms with E-state index >= 15 is 0 Å². The summed E-state index contributed by atoms with van der Waals surface area (Å²) in [7, 11) is 0. The van der Waals surface area contributed by atoms with Gasteiger partial charge in [0.25, 0.3) is 5.91 Å². The Bertz CT molecular complexity index is 790. The summed E-state index contributed by atoms with van der Waals surface area (Å²) in [5, 5.41) is 14.5. The van der Waals surface area contributed by atoms with E-state index in [-0.39, 0.29) is 10.9 Å². The second-order valence-corrected chi connectivity index (χ2v) is 7.78. The average Bonchev–Trinajstić information content (AvgIpc) is 3.12. The summed E-state index contributed by atoms with van der Waals surface area (Å²) in [6.45, 7) is 0. The Labute approximate surface area is 161 Å². The van der Waals surface area contributed by atoms with Gasteiger partial charge in [0.2, 0.25) is 10.9 Å². The highest BCUT2D eigenvalue weighted by molar-refractivity contribution is 7.13. The second-order valence-electron chi connectivity index (χ2n) is 6.72. The monoisotopic (exact) mass is 390 g/mol. The van der Waals surface area contributed by atoms with Crippen LogP contribution >= 0.6 is 11.3 Å². The van der Waals surface area contributed by atoms with Gasteiger partial charge < -0.3 is 10.6 Å². The van der Waals surface area contributed by atoms with Crippen LogP contribution < -0.4 is 10.6 Å². The Kier molecular flexibility index (Phi) is 6.86. The summed E-state index contributed by atoms with van der Waals surface area (Å²) < 4.78 is 13.2. The van der Waals surface area contributed by atoms with Gasteiger partial charge >= 0.3 is 0 Å². The highest BCUT2D eigenvalue weighted by Gasteiger charge is 2.16. The van der Waals surface area contributed by atoms with Crippen molar-refractivity contribution in [3.05, 3.63) is 40.1 Å². The van der Waals surface area contributed by atoms with Crippen LogP contribution in [0, 0.1) is 5.82 Å². The maximum absolute atomic E-state index is 13.2. The molecule has 1 heterocycles. The zero-order valence-corrected chi connectivity index (χ0v) is 15.9. The van der Waals surface area contributed by atoms with Gasteiger partial charge in [0, 0.05) is 24.6 Å². The Hall–Kier alpha value is -2.35. The van der Waals surface area contributed by atoms with Crippen molar-refractivity contribution >= 4 is 28.8 Å². The molecule has 2 aromatic rings. The molecule has 1 fully saturated rings. The SMILES string of the molecule is O=C(CCCc1nnc(C(=O)Nc2cccc(F)c2)s1)NC1CCCCC1. The zero-order chi connectivity index (χ0) is 19.1. The lowest BCUT2D eigenvalue weighted by Crippen LogP contribution is -2.36. The molecule has 0 atom stereocenters.